The van der Waals surface area contributed by atoms with Gasteiger partial charge in [0, 0.05) is 16.3 Å². The Morgan fingerprint density at radius 1 is 0.810 bits per heavy atom. The lowest BCUT2D eigenvalue weighted by atomic mass is 9.94. The summed E-state index contributed by atoms with van der Waals surface area (Å²) in [6.45, 7) is 12.0. The first-order valence-electron chi connectivity index (χ1n) is 7.76. The van der Waals surface area contributed by atoms with E-state index in [0.717, 1.165) is 27.5 Å². The molecule has 2 nitrogen and oxygen atoms in total. The molecule has 0 bridgehead atoms. The third-order valence-corrected chi connectivity index (χ3v) is 3.12. The molecule has 114 valence electrons. The predicted octanol–water partition coefficient (Wildman–Crippen LogP) is 5.83. The van der Waals surface area contributed by atoms with Gasteiger partial charge < -0.3 is 10.2 Å². The molecule has 0 aliphatic carbocycles. The van der Waals surface area contributed by atoms with Crippen molar-refractivity contribution in [2.45, 2.75) is 47.1 Å². The maximum absolute atomic E-state index is 6.13. The second-order valence-electron chi connectivity index (χ2n) is 5.03. The van der Waals surface area contributed by atoms with Crippen molar-refractivity contribution < 1.29 is 4.42 Å². The van der Waals surface area contributed by atoms with Gasteiger partial charge in [-0.3, -0.25) is 0 Å². The van der Waals surface area contributed by atoms with Crippen molar-refractivity contribution in [3.05, 3.63) is 48.0 Å². The molecule has 2 aromatic carbocycles. The van der Waals surface area contributed by atoms with Crippen LogP contribution in [0.3, 0.4) is 0 Å². The predicted molar refractivity (Wildman–Crippen MR) is 93.6 cm³/mol. The van der Waals surface area contributed by atoms with Crippen LogP contribution in [0, 0.1) is 0 Å². The lowest BCUT2D eigenvalue weighted by molar-refractivity contribution is 0.555. The van der Waals surface area contributed by atoms with Gasteiger partial charge in [0.2, 0.25) is 0 Å². The summed E-state index contributed by atoms with van der Waals surface area (Å²) in [5.74, 6) is 0. The van der Waals surface area contributed by atoms with Crippen LogP contribution in [0.25, 0.3) is 21.9 Å². The van der Waals surface area contributed by atoms with Gasteiger partial charge in [0.15, 0.2) is 0 Å². The average molecular weight is 285 g/mol. The van der Waals surface area contributed by atoms with Crippen molar-refractivity contribution in [2.24, 2.45) is 5.73 Å². The number of rotatable bonds is 1. The van der Waals surface area contributed by atoms with E-state index in [0.29, 0.717) is 0 Å². The molecule has 3 rings (SSSR count). The summed E-state index contributed by atoms with van der Waals surface area (Å²) in [6, 6.07) is 14.2. The molecular formula is C19H27NO. The Balaban J connectivity index is 0.000000510. The van der Waals surface area contributed by atoms with E-state index in [1.165, 1.54) is 0 Å². The first-order chi connectivity index (χ1) is 10.1. The monoisotopic (exact) mass is 285 g/mol. The largest absolute Gasteiger partial charge is 0.456 e. The van der Waals surface area contributed by atoms with Crippen molar-refractivity contribution in [1.82, 2.24) is 0 Å². The van der Waals surface area contributed by atoms with E-state index >= 15 is 0 Å². The number of fused-ring (bicyclic) bond motifs is 3. The van der Waals surface area contributed by atoms with Crippen LogP contribution in [0.15, 0.2) is 46.9 Å². The smallest absolute Gasteiger partial charge is 0.135 e. The molecule has 2 heteroatoms. The van der Waals surface area contributed by atoms with Crippen LogP contribution >= 0.6 is 0 Å². The fourth-order valence-corrected chi connectivity index (χ4v) is 2.13. The van der Waals surface area contributed by atoms with Crippen LogP contribution < -0.4 is 5.73 Å². The molecule has 3 aromatic rings. The molecule has 0 unspecified atom stereocenters. The number of benzene rings is 2. The van der Waals surface area contributed by atoms with Crippen molar-refractivity contribution in [3.8, 4) is 0 Å². The normalized spacial score (nSPS) is 10.6. The molecule has 21 heavy (non-hydrogen) atoms. The van der Waals surface area contributed by atoms with Crippen molar-refractivity contribution in [1.29, 1.82) is 0 Å². The lowest BCUT2D eigenvalue weighted by Gasteiger charge is -2.18. The summed E-state index contributed by atoms with van der Waals surface area (Å²) in [7, 11) is 0. The third kappa shape index (κ3) is 3.64. The van der Waals surface area contributed by atoms with Gasteiger partial charge in [0.1, 0.15) is 11.2 Å². The molecule has 1 aromatic heterocycles. The van der Waals surface area contributed by atoms with E-state index in [1.807, 2.05) is 71.9 Å². The first-order valence-corrected chi connectivity index (χ1v) is 7.76. The Morgan fingerprint density at radius 2 is 1.38 bits per heavy atom. The van der Waals surface area contributed by atoms with E-state index in [4.69, 9.17) is 10.2 Å². The zero-order chi connectivity index (χ0) is 16.0. The molecule has 0 spiro atoms. The molecule has 0 aliphatic rings. The van der Waals surface area contributed by atoms with E-state index in [1.54, 1.807) is 0 Å². The van der Waals surface area contributed by atoms with Gasteiger partial charge in [-0.05, 0) is 37.6 Å². The zero-order valence-corrected chi connectivity index (χ0v) is 14.0. The Kier molecular flexibility index (Phi) is 5.98. The highest BCUT2D eigenvalue weighted by atomic mass is 16.3. The Labute approximate surface area is 127 Å². The molecule has 0 amide bonds. The van der Waals surface area contributed by atoms with Crippen LogP contribution in [0.1, 0.15) is 47.1 Å². The third-order valence-electron chi connectivity index (χ3n) is 3.12. The standard InChI is InChI=1S/C15H15NO.2C2H6/c1-15(2,16)10-7-8-14-12(9-10)11-5-3-4-6-13(11)17-14;2*1-2/h3-9H,16H2,1-2H3;2*1-2H3. The number of furan rings is 1. The van der Waals surface area contributed by atoms with Gasteiger partial charge in [0.05, 0.1) is 0 Å². The molecule has 2 N–H and O–H groups in total. The van der Waals surface area contributed by atoms with Gasteiger partial charge in [-0.15, -0.1) is 0 Å². The second kappa shape index (κ2) is 7.28. The molecule has 0 saturated heterocycles. The number of para-hydroxylation sites is 1. The molecule has 0 fully saturated rings. The van der Waals surface area contributed by atoms with Crippen LogP contribution in [-0.4, -0.2) is 0 Å². The molecule has 0 saturated carbocycles. The fourth-order valence-electron chi connectivity index (χ4n) is 2.13. The van der Waals surface area contributed by atoms with E-state index in [2.05, 4.69) is 12.1 Å². The Bertz CT molecular complexity index is 689. The van der Waals surface area contributed by atoms with Crippen LogP contribution in [0.4, 0.5) is 0 Å². The first kappa shape index (κ1) is 17.3. The van der Waals surface area contributed by atoms with Gasteiger partial charge in [-0.25, -0.2) is 0 Å². The minimum Gasteiger partial charge on any atom is -0.456 e. The molecule has 0 aliphatic heterocycles. The molecule has 0 atom stereocenters. The van der Waals surface area contributed by atoms with E-state index in [9.17, 15) is 0 Å². The maximum Gasteiger partial charge on any atom is 0.135 e. The minimum absolute atomic E-state index is 0.327. The molecule has 0 radical (unpaired) electrons. The summed E-state index contributed by atoms with van der Waals surface area (Å²) in [4.78, 5) is 0. The van der Waals surface area contributed by atoms with Crippen molar-refractivity contribution in [2.75, 3.05) is 0 Å². The van der Waals surface area contributed by atoms with Crippen molar-refractivity contribution >= 4 is 21.9 Å². The Hall–Kier alpha value is -1.80. The molecular weight excluding hydrogens is 258 g/mol. The van der Waals surface area contributed by atoms with Crippen LogP contribution in [0.5, 0.6) is 0 Å². The second-order valence-corrected chi connectivity index (χ2v) is 5.03. The summed E-state index contributed by atoms with van der Waals surface area (Å²) in [5.41, 5.74) is 8.77. The van der Waals surface area contributed by atoms with Crippen molar-refractivity contribution in [3.63, 3.8) is 0 Å². The minimum atomic E-state index is -0.327. The van der Waals surface area contributed by atoms with Crippen LogP contribution in [-0.2, 0) is 5.54 Å². The highest BCUT2D eigenvalue weighted by molar-refractivity contribution is 6.05. The maximum atomic E-state index is 6.13. The number of hydrogen-bond acceptors (Lipinski definition) is 2. The lowest BCUT2D eigenvalue weighted by Crippen LogP contribution is -2.28. The summed E-state index contributed by atoms with van der Waals surface area (Å²) >= 11 is 0. The number of nitrogens with two attached hydrogens (primary N) is 1. The summed E-state index contributed by atoms with van der Waals surface area (Å²) in [6.07, 6.45) is 0. The highest BCUT2D eigenvalue weighted by Gasteiger charge is 2.16. The van der Waals surface area contributed by atoms with Gasteiger partial charge in [-0.1, -0.05) is 52.0 Å². The van der Waals surface area contributed by atoms with Gasteiger partial charge in [0.25, 0.3) is 0 Å². The van der Waals surface area contributed by atoms with E-state index < -0.39 is 0 Å². The van der Waals surface area contributed by atoms with Crippen LogP contribution in [0.2, 0.25) is 0 Å². The summed E-state index contributed by atoms with van der Waals surface area (Å²) in [5, 5.41) is 2.28. The SMILES string of the molecule is CC.CC.CC(C)(N)c1ccc2oc3ccccc3c2c1. The Morgan fingerprint density at radius 3 is 2.00 bits per heavy atom. The summed E-state index contributed by atoms with van der Waals surface area (Å²) < 4.78 is 5.78. The number of hydrogen-bond donors (Lipinski definition) is 1. The van der Waals surface area contributed by atoms with E-state index in [-0.39, 0.29) is 5.54 Å². The fraction of sp³-hybridized carbons (Fsp3) is 0.368. The topological polar surface area (TPSA) is 39.2 Å². The zero-order valence-electron chi connectivity index (χ0n) is 14.0. The van der Waals surface area contributed by atoms with Gasteiger partial charge in [-0.2, -0.15) is 0 Å². The highest BCUT2D eigenvalue weighted by Crippen LogP contribution is 2.31. The quantitative estimate of drug-likeness (QED) is 0.610. The van der Waals surface area contributed by atoms with Gasteiger partial charge >= 0.3 is 0 Å². The average Bonchev–Trinajstić information content (AvgIpc) is 2.88. The molecule has 1 heterocycles.